The van der Waals surface area contributed by atoms with Gasteiger partial charge in [-0.15, -0.1) is 0 Å². The van der Waals surface area contributed by atoms with E-state index >= 15 is 0 Å². The van der Waals surface area contributed by atoms with Crippen LogP contribution in [0.5, 0.6) is 0 Å². The minimum atomic E-state index is -0.186. The third-order valence-electron chi connectivity index (χ3n) is 13.5. The predicted molar refractivity (Wildman–Crippen MR) is 211 cm³/mol. The fraction of sp³-hybridized carbons (Fsp3) is 0.261. The lowest BCUT2D eigenvalue weighted by molar-refractivity contribution is -0.152. The summed E-state index contributed by atoms with van der Waals surface area (Å²) < 4.78 is 0. The van der Waals surface area contributed by atoms with Gasteiger partial charge >= 0.3 is 0 Å². The van der Waals surface area contributed by atoms with Crippen LogP contribution in [0, 0.1) is 11.3 Å². The molecule has 0 spiro atoms. The van der Waals surface area contributed by atoms with Gasteiger partial charge in [0.05, 0.1) is 23.3 Å². The second-order valence-electron chi connectivity index (χ2n) is 15.1. The van der Waals surface area contributed by atoms with Crippen molar-refractivity contribution in [3.05, 3.63) is 156 Å². The Morgan fingerprint density at radius 3 is 1.83 bits per heavy atom. The quantitative estimate of drug-likeness (QED) is 0.181. The molecule has 52 heavy (non-hydrogen) atoms. The number of nitrogens with zero attached hydrogens (tertiary/aromatic N) is 6. The van der Waals surface area contributed by atoms with E-state index in [1.807, 2.05) is 6.20 Å². The summed E-state index contributed by atoms with van der Waals surface area (Å²) in [6.07, 6.45) is 4.92. The summed E-state index contributed by atoms with van der Waals surface area (Å²) in [5, 5.41) is 0. The van der Waals surface area contributed by atoms with Crippen LogP contribution in [-0.2, 0) is 11.8 Å². The Morgan fingerprint density at radius 1 is 0.558 bits per heavy atom. The number of benzene rings is 5. The SMILES string of the molecule is CCc1cnc2c(n1)N(c1ccccc1)C1C3C(c4ccccc4N21)C1(CC)c2ccccc2N2c4ccccc4N(c4ccccc4)C2C31CC. The third kappa shape index (κ3) is 3.37. The van der Waals surface area contributed by atoms with Crippen molar-refractivity contribution in [2.75, 3.05) is 19.6 Å². The molecule has 11 rings (SSSR count). The first-order valence-electron chi connectivity index (χ1n) is 19.1. The van der Waals surface area contributed by atoms with Crippen molar-refractivity contribution in [3.63, 3.8) is 0 Å². The molecule has 1 aliphatic carbocycles. The molecule has 256 valence electrons. The summed E-state index contributed by atoms with van der Waals surface area (Å²) in [5.41, 5.74) is 11.2. The number of aryl methyl sites for hydroxylation is 1. The standard InChI is InChI=1S/C46H42N6/c1-4-30-29-47-41-42(48-30)50(32-21-11-8-12-22-32)43-40-39(33-23-13-15-25-35(33)52(41)43)45(5-2)34-24-14-16-26-36(34)51-38-28-18-17-27-37(38)49(31-19-9-7-10-20-31)44(51)46(40,45)6-3/h7-29,39-40,43-44H,4-6H2,1-3H3. The maximum absolute atomic E-state index is 5.40. The van der Waals surface area contributed by atoms with E-state index in [4.69, 9.17) is 9.97 Å². The lowest BCUT2D eigenvalue weighted by atomic mass is 9.30. The van der Waals surface area contributed by atoms with E-state index in [9.17, 15) is 0 Å². The summed E-state index contributed by atoms with van der Waals surface area (Å²) in [6.45, 7) is 7.12. The van der Waals surface area contributed by atoms with Gasteiger partial charge in [0.15, 0.2) is 11.6 Å². The maximum Gasteiger partial charge on any atom is 0.178 e. The Bertz CT molecular complexity index is 2360. The summed E-state index contributed by atoms with van der Waals surface area (Å²) in [7, 11) is 0. The molecule has 0 bridgehead atoms. The molecule has 6 nitrogen and oxygen atoms in total. The van der Waals surface area contributed by atoms with Crippen LogP contribution in [0.3, 0.4) is 0 Å². The van der Waals surface area contributed by atoms with Crippen molar-refractivity contribution >= 4 is 45.8 Å². The van der Waals surface area contributed by atoms with E-state index in [-0.39, 0.29) is 35.0 Å². The largest absolute Gasteiger partial charge is 0.318 e. The average Bonchev–Trinajstić information content (AvgIpc) is 3.72. The van der Waals surface area contributed by atoms with Gasteiger partial charge in [0, 0.05) is 45.4 Å². The second kappa shape index (κ2) is 10.7. The van der Waals surface area contributed by atoms with E-state index in [1.165, 1.54) is 45.3 Å². The minimum Gasteiger partial charge on any atom is -0.318 e. The zero-order chi connectivity index (χ0) is 34.8. The van der Waals surface area contributed by atoms with Gasteiger partial charge in [-0.1, -0.05) is 106 Å². The van der Waals surface area contributed by atoms with Crippen LogP contribution in [0.1, 0.15) is 56.4 Å². The van der Waals surface area contributed by atoms with Gasteiger partial charge in [0.2, 0.25) is 0 Å². The Hall–Kier alpha value is -5.62. The van der Waals surface area contributed by atoms with Crippen molar-refractivity contribution in [1.82, 2.24) is 9.97 Å². The Labute approximate surface area is 306 Å². The number of rotatable bonds is 5. The van der Waals surface area contributed by atoms with Gasteiger partial charge in [-0.25, -0.2) is 9.97 Å². The lowest BCUT2D eigenvalue weighted by Gasteiger charge is -2.78. The normalized spacial score (nSPS) is 27.0. The maximum atomic E-state index is 5.40. The molecular weight excluding hydrogens is 637 g/mol. The Morgan fingerprint density at radius 2 is 1.15 bits per heavy atom. The molecule has 6 aromatic rings. The molecule has 4 aliphatic heterocycles. The van der Waals surface area contributed by atoms with Crippen molar-refractivity contribution in [1.29, 1.82) is 0 Å². The molecule has 5 heterocycles. The highest BCUT2D eigenvalue weighted by molar-refractivity contribution is 5.93. The fourth-order valence-corrected chi connectivity index (χ4v) is 11.9. The number of aromatic nitrogens is 2. The molecule has 6 heteroatoms. The lowest BCUT2D eigenvalue weighted by Crippen LogP contribution is -2.81. The topological polar surface area (TPSA) is 38.7 Å². The molecule has 1 fully saturated rings. The van der Waals surface area contributed by atoms with Crippen molar-refractivity contribution in [3.8, 4) is 0 Å². The predicted octanol–water partition coefficient (Wildman–Crippen LogP) is 10.8. The van der Waals surface area contributed by atoms with Gasteiger partial charge in [-0.3, -0.25) is 0 Å². The molecule has 5 aromatic carbocycles. The Balaban J connectivity index is 1.26. The Kier molecular flexibility index (Phi) is 6.19. The highest BCUT2D eigenvalue weighted by Crippen LogP contribution is 2.82. The van der Waals surface area contributed by atoms with Gasteiger partial charge < -0.3 is 19.6 Å². The molecule has 0 radical (unpaired) electrons. The summed E-state index contributed by atoms with van der Waals surface area (Å²) in [4.78, 5) is 21.2. The average molecular weight is 679 g/mol. The van der Waals surface area contributed by atoms with E-state index in [0.717, 1.165) is 36.6 Å². The number of hydrogen-bond acceptors (Lipinski definition) is 6. The molecule has 1 aromatic heterocycles. The molecule has 0 saturated heterocycles. The van der Waals surface area contributed by atoms with Gasteiger partial charge in [0.25, 0.3) is 0 Å². The van der Waals surface area contributed by atoms with Crippen LogP contribution < -0.4 is 19.6 Å². The highest BCUT2D eigenvalue weighted by atomic mass is 15.5. The second-order valence-corrected chi connectivity index (χ2v) is 15.1. The van der Waals surface area contributed by atoms with Crippen LogP contribution in [0.4, 0.5) is 45.8 Å². The first kappa shape index (κ1) is 30.0. The number of anilines is 8. The molecule has 0 amide bonds. The van der Waals surface area contributed by atoms with E-state index in [1.54, 1.807) is 0 Å². The van der Waals surface area contributed by atoms with Crippen LogP contribution in [0.25, 0.3) is 0 Å². The monoisotopic (exact) mass is 678 g/mol. The van der Waals surface area contributed by atoms with Crippen molar-refractivity contribution in [2.24, 2.45) is 11.3 Å². The third-order valence-corrected chi connectivity index (χ3v) is 13.5. The minimum absolute atomic E-state index is 0.0162. The molecular formula is C46H42N6. The zero-order valence-electron chi connectivity index (χ0n) is 29.9. The number of hydrogen-bond donors (Lipinski definition) is 0. The summed E-state index contributed by atoms with van der Waals surface area (Å²) in [5.74, 6) is 2.44. The number of para-hydroxylation sites is 6. The molecule has 0 N–H and O–H groups in total. The molecule has 6 unspecified atom stereocenters. The van der Waals surface area contributed by atoms with Gasteiger partial charge in [-0.2, -0.15) is 0 Å². The highest BCUT2D eigenvalue weighted by Gasteiger charge is 2.82. The molecule has 5 aliphatic rings. The van der Waals surface area contributed by atoms with Crippen molar-refractivity contribution in [2.45, 2.75) is 63.7 Å². The van der Waals surface area contributed by atoms with Crippen LogP contribution in [0.2, 0.25) is 0 Å². The zero-order valence-corrected chi connectivity index (χ0v) is 29.9. The van der Waals surface area contributed by atoms with Crippen LogP contribution in [0.15, 0.2) is 140 Å². The fourth-order valence-electron chi connectivity index (χ4n) is 11.9. The first-order valence-corrected chi connectivity index (χ1v) is 19.1. The first-order chi connectivity index (χ1) is 25.7. The number of fused-ring (bicyclic) bond motifs is 18. The van der Waals surface area contributed by atoms with E-state index in [0.29, 0.717) is 0 Å². The smallest absolute Gasteiger partial charge is 0.178 e. The summed E-state index contributed by atoms with van der Waals surface area (Å²) >= 11 is 0. The van der Waals surface area contributed by atoms with Crippen molar-refractivity contribution < 1.29 is 0 Å². The molecule has 6 atom stereocenters. The molecule has 1 saturated carbocycles. The van der Waals surface area contributed by atoms with Gasteiger partial charge in [0.1, 0.15) is 12.3 Å². The van der Waals surface area contributed by atoms with E-state index < -0.39 is 0 Å². The van der Waals surface area contributed by atoms with Crippen LogP contribution in [-0.4, -0.2) is 22.3 Å². The van der Waals surface area contributed by atoms with Crippen LogP contribution >= 0.6 is 0 Å². The summed E-state index contributed by atoms with van der Waals surface area (Å²) in [6, 6.07) is 49.8. The van der Waals surface area contributed by atoms with Gasteiger partial charge in [-0.05, 0) is 78.9 Å². The van der Waals surface area contributed by atoms with E-state index in [2.05, 4.69) is 174 Å².